The normalized spacial score (nSPS) is 18.7. The molecule has 4 aromatic carbocycles. The lowest BCUT2D eigenvalue weighted by molar-refractivity contribution is -0.137. The van der Waals surface area contributed by atoms with E-state index in [1.54, 1.807) is 50.2 Å². The number of carbonyl (C=O) groups is 8. The number of anilines is 1. The number of hydrogen-bond acceptors (Lipinski definition) is 13. The summed E-state index contributed by atoms with van der Waals surface area (Å²) in [6, 6.07) is 19.9. The second-order valence-corrected chi connectivity index (χ2v) is 18.8. The molecule has 0 aromatic heterocycles. The van der Waals surface area contributed by atoms with Crippen LogP contribution in [-0.2, 0) is 43.8 Å². The molecule has 2 unspecified atom stereocenters. The zero-order valence-electron chi connectivity index (χ0n) is 32.3. The van der Waals surface area contributed by atoms with Gasteiger partial charge >= 0.3 is 0 Å². The van der Waals surface area contributed by atoms with Gasteiger partial charge in [0.2, 0.25) is 23.6 Å². The highest BCUT2D eigenvalue weighted by atomic mass is 35.7. The van der Waals surface area contributed by atoms with Gasteiger partial charge in [-0.25, -0.2) is 16.8 Å². The van der Waals surface area contributed by atoms with Gasteiger partial charge in [-0.3, -0.25) is 58.8 Å². The van der Waals surface area contributed by atoms with Crippen LogP contribution in [0.2, 0.25) is 0 Å². The molecule has 0 saturated carbocycles. The molecule has 316 valence electrons. The maximum atomic E-state index is 12.9. The van der Waals surface area contributed by atoms with Crippen molar-refractivity contribution in [1.82, 2.24) is 20.4 Å². The molecule has 4 heterocycles. The number of fused-ring (bicyclic) bond motifs is 2. The molecule has 61 heavy (non-hydrogen) atoms. The summed E-state index contributed by atoms with van der Waals surface area (Å²) < 4.78 is 47.3. The van der Waals surface area contributed by atoms with Crippen LogP contribution in [-0.4, -0.2) is 86.0 Å². The van der Waals surface area contributed by atoms with Crippen LogP contribution in [0.4, 0.5) is 5.69 Å². The lowest BCUT2D eigenvalue weighted by atomic mass is 10.0. The minimum Gasteiger partial charge on any atom is -0.399 e. The second kappa shape index (κ2) is 17.2. The van der Waals surface area contributed by atoms with E-state index in [-0.39, 0.29) is 63.5 Å². The number of nitrogens with two attached hydrogens (primary N) is 1. The first-order valence-electron chi connectivity index (χ1n) is 18.4. The van der Waals surface area contributed by atoms with Gasteiger partial charge in [0.1, 0.15) is 12.1 Å². The summed E-state index contributed by atoms with van der Waals surface area (Å²) in [5.74, 6) is -4.86. The van der Waals surface area contributed by atoms with Crippen molar-refractivity contribution in [3.63, 3.8) is 0 Å². The molecule has 0 aliphatic carbocycles. The molecule has 8 amide bonds. The van der Waals surface area contributed by atoms with Crippen LogP contribution in [0.5, 0.6) is 0 Å². The van der Waals surface area contributed by atoms with Crippen molar-refractivity contribution in [3.05, 3.63) is 124 Å². The smallest absolute Gasteiger partial charge is 0.262 e. The van der Waals surface area contributed by atoms with Gasteiger partial charge in [0.15, 0.2) is 9.84 Å². The third-order valence-electron chi connectivity index (χ3n) is 10.1. The van der Waals surface area contributed by atoms with Gasteiger partial charge in [0.25, 0.3) is 32.7 Å². The number of imide groups is 4. The Bertz CT molecular complexity index is 2810. The summed E-state index contributed by atoms with van der Waals surface area (Å²) in [5.41, 5.74) is 8.22. The summed E-state index contributed by atoms with van der Waals surface area (Å²) in [7, 11) is -2.08. The first-order chi connectivity index (χ1) is 28.7. The van der Waals surface area contributed by atoms with E-state index < -0.39 is 78.2 Å². The molecule has 4 N–H and O–H groups in total. The first kappa shape index (κ1) is 44.0. The van der Waals surface area contributed by atoms with Gasteiger partial charge in [0, 0.05) is 29.2 Å². The fourth-order valence-corrected chi connectivity index (χ4v) is 9.96. The summed E-state index contributed by atoms with van der Waals surface area (Å²) >= 11 is 0. The van der Waals surface area contributed by atoms with E-state index in [1.807, 2.05) is 0 Å². The standard InChI is InChI=1S/C21H18N2O6S.C13H11N3O4.C7H7ClO2S/c1-12-4-2-3-5-17(12)30(28,29)11-13-6-7-14-15(10-13)21(27)23(20(14)26)16-8-9-18(24)22-19(16)25;14-6-1-2-7-8(5-6)13(20)16(12(7)19)9-3-4-10(17)15-11(9)18;1-6-4-2-3-5-7(6)11(8,9)10/h2-7,10,16H,8-9,11H2,1H3,(H,22,24,25);1-2,5,9H,3-4,14H2,(H,15,17,18);2-5H,1H3. The summed E-state index contributed by atoms with van der Waals surface area (Å²) in [5, 5.41) is 4.27. The SMILES string of the molecule is Cc1ccccc1S(=O)(=O)Cc1ccc2c(c1)C(=O)N(C1CCC(=O)NC1=O)C2=O.Cc1ccccc1S(=O)(=O)Cl.Nc1ccc2c(c1)C(=O)N(C1CCC(=O)NC1=O)C2=O. The number of nitrogen functional groups attached to an aromatic ring is 1. The van der Waals surface area contributed by atoms with Crippen molar-refractivity contribution < 1.29 is 55.2 Å². The van der Waals surface area contributed by atoms with E-state index in [2.05, 4.69) is 10.6 Å². The van der Waals surface area contributed by atoms with E-state index in [1.165, 1.54) is 48.5 Å². The van der Waals surface area contributed by atoms with Crippen LogP contribution in [0, 0.1) is 13.8 Å². The Morgan fingerprint density at radius 2 is 1.02 bits per heavy atom. The number of nitrogens with zero attached hydrogens (tertiary/aromatic N) is 2. The van der Waals surface area contributed by atoms with Crippen LogP contribution in [0.25, 0.3) is 0 Å². The summed E-state index contributed by atoms with van der Waals surface area (Å²) in [6.45, 7) is 3.41. The summed E-state index contributed by atoms with van der Waals surface area (Å²) in [4.78, 5) is 98.6. The number of amides is 8. The Labute approximate surface area is 353 Å². The number of rotatable bonds is 6. The van der Waals surface area contributed by atoms with Crippen molar-refractivity contribution >= 4 is 82.5 Å². The number of aryl methyl sites for hydroxylation is 2. The van der Waals surface area contributed by atoms with Gasteiger partial charge in [0.05, 0.1) is 37.8 Å². The lowest BCUT2D eigenvalue weighted by Crippen LogP contribution is -2.54. The number of piperidine rings is 2. The minimum atomic E-state index is -3.65. The highest BCUT2D eigenvalue weighted by Gasteiger charge is 2.46. The van der Waals surface area contributed by atoms with Crippen LogP contribution >= 0.6 is 10.7 Å². The average Bonchev–Trinajstić information content (AvgIpc) is 3.57. The third kappa shape index (κ3) is 9.13. The number of hydrogen-bond donors (Lipinski definition) is 3. The highest BCUT2D eigenvalue weighted by molar-refractivity contribution is 8.13. The first-order valence-corrected chi connectivity index (χ1v) is 22.4. The van der Waals surface area contributed by atoms with E-state index in [0.717, 1.165) is 9.80 Å². The molecule has 2 fully saturated rings. The van der Waals surface area contributed by atoms with Crippen molar-refractivity contribution in [3.8, 4) is 0 Å². The van der Waals surface area contributed by atoms with Crippen LogP contribution in [0.15, 0.2) is 94.7 Å². The molecular weight excluding hydrogens is 854 g/mol. The Kier molecular flexibility index (Phi) is 12.4. The fraction of sp³-hybridized carbons (Fsp3) is 0.220. The number of sulfone groups is 1. The zero-order valence-corrected chi connectivity index (χ0v) is 34.7. The predicted molar refractivity (Wildman–Crippen MR) is 217 cm³/mol. The zero-order chi connectivity index (χ0) is 44.6. The Hall–Kier alpha value is -6.57. The van der Waals surface area contributed by atoms with Gasteiger partial charge in [-0.15, -0.1) is 0 Å². The van der Waals surface area contributed by atoms with E-state index in [4.69, 9.17) is 16.4 Å². The van der Waals surface area contributed by atoms with Crippen LogP contribution in [0.1, 0.15) is 83.8 Å². The molecule has 20 heteroatoms. The van der Waals surface area contributed by atoms with Gasteiger partial charge in [-0.2, -0.15) is 0 Å². The van der Waals surface area contributed by atoms with Crippen molar-refractivity contribution in [2.24, 2.45) is 0 Å². The molecule has 0 radical (unpaired) electrons. The number of carbonyl (C=O) groups excluding carboxylic acids is 8. The molecule has 4 aromatic rings. The molecule has 4 aliphatic heterocycles. The number of halogens is 1. The Morgan fingerprint density at radius 1 is 0.590 bits per heavy atom. The molecular formula is C41H36ClN5O12S2. The molecule has 0 bridgehead atoms. The van der Waals surface area contributed by atoms with Gasteiger partial charge < -0.3 is 5.73 Å². The highest BCUT2D eigenvalue weighted by Crippen LogP contribution is 2.31. The monoisotopic (exact) mass is 889 g/mol. The average molecular weight is 890 g/mol. The second-order valence-electron chi connectivity index (χ2n) is 14.3. The number of benzene rings is 4. The fourth-order valence-electron chi connectivity index (χ4n) is 7.13. The predicted octanol–water partition coefficient (Wildman–Crippen LogP) is 2.96. The summed E-state index contributed by atoms with van der Waals surface area (Å²) in [6.07, 6.45) is 0.339. The van der Waals surface area contributed by atoms with E-state index in [9.17, 15) is 55.2 Å². The Balaban J connectivity index is 0.000000172. The largest absolute Gasteiger partial charge is 0.399 e. The Morgan fingerprint density at radius 3 is 1.46 bits per heavy atom. The van der Waals surface area contributed by atoms with Crippen molar-refractivity contribution in [1.29, 1.82) is 0 Å². The maximum absolute atomic E-state index is 12.9. The molecule has 4 aliphatic rings. The topological polar surface area (TPSA) is 261 Å². The van der Waals surface area contributed by atoms with Crippen LogP contribution < -0.4 is 16.4 Å². The lowest BCUT2D eigenvalue weighted by Gasteiger charge is -2.27. The molecule has 2 saturated heterocycles. The van der Waals surface area contributed by atoms with Crippen molar-refractivity contribution in [2.75, 3.05) is 5.73 Å². The van der Waals surface area contributed by atoms with Gasteiger partial charge in [-0.05, 0) is 85.8 Å². The van der Waals surface area contributed by atoms with Crippen molar-refractivity contribution in [2.45, 2.75) is 67.2 Å². The minimum absolute atomic E-state index is 0.0315. The molecule has 0 spiro atoms. The molecule has 2 atom stereocenters. The third-order valence-corrected chi connectivity index (χ3v) is 13.4. The van der Waals surface area contributed by atoms with E-state index >= 15 is 0 Å². The number of nitrogens with one attached hydrogen (secondary N) is 2. The maximum Gasteiger partial charge on any atom is 0.262 e. The molecule has 8 rings (SSSR count). The van der Waals surface area contributed by atoms with Crippen LogP contribution in [0.3, 0.4) is 0 Å². The van der Waals surface area contributed by atoms with E-state index in [0.29, 0.717) is 22.4 Å². The molecule has 17 nitrogen and oxygen atoms in total. The quantitative estimate of drug-likeness (QED) is 0.143. The van der Waals surface area contributed by atoms with Gasteiger partial charge in [-0.1, -0.05) is 42.5 Å².